The minimum atomic E-state index is -0.193. The number of hydrogen-bond donors (Lipinski definition) is 3. The van der Waals surface area contributed by atoms with Crippen molar-refractivity contribution in [3.8, 4) is 11.5 Å². The van der Waals surface area contributed by atoms with Crippen LogP contribution in [0.1, 0.15) is 12.5 Å². The van der Waals surface area contributed by atoms with E-state index in [1.54, 1.807) is 0 Å². The number of fused-ring (bicyclic) bond motifs is 1. The largest absolute Gasteiger partial charge is 0.486 e. The molecule has 90 valence electrons. The monoisotopic (exact) mass is 234 g/mol. The van der Waals surface area contributed by atoms with Gasteiger partial charge in [-0.25, -0.2) is 5.43 Å². The Morgan fingerprint density at radius 2 is 2.06 bits per heavy atom. The standard InChI is InChI=1S/C11H14N4O2/c1-7(14-15-11(12)13)8-2-3-9-10(6-8)17-5-4-16-9/h2-3,6H,4-5H2,1H3,(H4,12,13,15)/b14-7+. The fraction of sp³-hybridized carbons (Fsp3) is 0.273. The summed E-state index contributed by atoms with van der Waals surface area (Å²) in [5, 5.41) is 11.0. The van der Waals surface area contributed by atoms with Gasteiger partial charge < -0.3 is 15.2 Å². The smallest absolute Gasteiger partial charge is 0.206 e. The quantitative estimate of drug-likeness (QED) is 0.398. The van der Waals surface area contributed by atoms with E-state index < -0.39 is 0 Å². The number of ether oxygens (including phenoxy) is 2. The highest BCUT2D eigenvalue weighted by Crippen LogP contribution is 2.30. The van der Waals surface area contributed by atoms with Gasteiger partial charge in [-0.05, 0) is 25.1 Å². The molecule has 2 rings (SSSR count). The molecule has 6 heteroatoms. The Labute approximate surface area is 98.9 Å². The van der Waals surface area contributed by atoms with Crippen molar-refractivity contribution in [3.63, 3.8) is 0 Å². The molecule has 0 radical (unpaired) electrons. The van der Waals surface area contributed by atoms with Crippen LogP contribution >= 0.6 is 0 Å². The lowest BCUT2D eigenvalue weighted by atomic mass is 10.1. The van der Waals surface area contributed by atoms with Crippen LogP contribution in [0.4, 0.5) is 0 Å². The number of guanidine groups is 1. The number of rotatable bonds is 2. The van der Waals surface area contributed by atoms with Crippen molar-refractivity contribution in [2.24, 2.45) is 10.8 Å². The van der Waals surface area contributed by atoms with Crippen molar-refractivity contribution < 1.29 is 9.47 Å². The summed E-state index contributed by atoms with van der Waals surface area (Å²) >= 11 is 0. The van der Waals surface area contributed by atoms with Gasteiger partial charge in [0.05, 0.1) is 5.71 Å². The van der Waals surface area contributed by atoms with E-state index in [0.717, 1.165) is 17.0 Å². The van der Waals surface area contributed by atoms with E-state index in [4.69, 9.17) is 20.6 Å². The number of benzene rings is 1. The van der Waals surface area contributed by atoms with E-state index in [2.05, 4.69) is 10.5 Å². The normalized spacial score (nSPS) is 14.3. The van der Waals surface area contributed by atoms with E-state index in [1.807, 2.05) is 25.1 Å². The fourth-order valence-electron chi connectivity index (χ4n) is 1.48. The molecule has 4 N–H and O–H groups in total. The molecule has 0 fully saturated rings. The van der Waals surface area contributed by atoms with Crippen molar-refractivity contribution in [2.45, 2.75) is 6.92 Å². The van der Waals surface area contributed by atoms with Crippen LogP contribution < -0.4 is 20.6 Å². The Morgan fingerprint density at radius 1 is 1.35 bits per heavy atom. The summed E-state index contributed by atoms with van der Waals surface area (Å²) in [5.74, 6) is 1.26. The van der Waals surface area contributed by atoms with Crippen molar-refractivity contribution in [1.82, 2.24) is 5.43 Å². The minimum absolute atomic E-state index is 0.193. The van der Waals surface area contributed by atoms with Gasteiger partial charge in [0.25, 0.3) is 0 Å². The summed E-state index contributed by atoms with van der Waals surface area (Å²) < 4.78 is 10.9. The predicted molar refractivity (Wildman–Crippen MR) is 64.7 cm³/mol. The first-order valence-corrected chi connectivity index (χ1v) is 5.21. The first kappa shape index (κ1) is 11.3. The molecule has 0 saturated carbocycles. The molecule has 0 aliphatic carbocycles. The van der Waals surface area contributed by atoms with Crippen LogP contribution in [0.25, 0.3) is 0 Å². The number of nitrogens with one attached hydrogen (secondary N) is 2. The SMILES string of the molecule is C/C(=N\NC(=N)N)c1ccc2c(c1)OCCO2. The van der Waals surface area contributed by atoms with Crippen LogP contribution in [0.3, 0.4) is 0 Å². The summed E-state index contributed by atoms with van der Waals surface area (Å²) in [6.07, 6.45) is 0. The van der Waals surface area contributed by atoms with Gasteiger partial charge >= 0.3 is 0 Å². The molecule has 1 aromatic rings. The number of hydrogen-bond acceptors (Lipinski definition) is 4. The highest BCUT2D eigenvalue weighted by Gasteiger charge is 2.12. The average Bonchev–Trinajstić information content (AvgIpc) is 2.35. The van der Waals surface area contributed by atoms with Crippen molar-refractivity contribution in [3.05, 3.63) is 23.8 Å². The molecule has 0 spiro atoms. The van der Waals surface area contributed by atoms with Gasteiger partial charge in [0, 0.05) is 5.56 Å². The lowest BCUT2D eigenvalue weighted by Gasteiger charge is -2.18. The Kier molecular flexibility index (Phi) is 3.13. The summed E-state index contributed by atoms with van der Waals surface area (Å²) in [6.45, 7) is 2.95. The zero-order valence-electron chi connectivity index (χ0n) is 9.49. The van der Waals surface area contributed by atoms with Crippen LogP contribution in [0, 0.1) is 5.41 Å². The third-order valence-electron chi connectivity index (χ3n) is 2.30. The summed E-state index contributed by atoms with van der Waals surface area (Å²) in [7, 11) is 0. The molecule has 1 aromatic carbocycles. The van der Waals surface area contributed by atoms with E-state index >= 15 is 0 Å². The molecule has 0 aromatic heterocycles. The summed E-state index contributed by atoms with van der Waals surface area (Å²) in [4.78, 5) is 0. The molecular weight excluding hydrogens is 220 g/mol. The van der Waals surface area contributed by atoms with Gasteiger partial charge in [-0.15, -0.1) is 0 Å². The summed E-state index contributed by atoms with van der Waals surface area (Å²) in [6, 6.07) is 5.58. The van der Waals surface area contributed by atoms with Gasteiger partial charge in [-0.1, -0.05) is 0 Å². The van der Waals surface area contributed by atoms with Gasteiger partial charge in [0.1, 0.15) is 13.2 Å². The first-order valence-electron chi connectivity index (χ1n) is 5.21. The molecule has 17 heavy (non-hydrogen) atoms. The lowest BCUT2D eigenvalue weighted by Crippen LogP contribution is -2.26. The molecule has 0 unspecified atom stereocenters. The molecule has 6 nitrogen and oxygen atoms in total. The van der Waals surface area contributed by atoms with E-state index in [1.165, 1.54) is 0 Å². The highest BCUT2D eigenvalue weighted by molar-refractivity contribution is 5.99. The summed E-state index contributed by atoms with van der Waals surface area (Å²) in [5.41, 5.74) is 9.16. The van der Waals surface area contributed by atoms with Crippen LogP contribution in [-0.4, -0.2) is 24.9 Å². The Balaban J connectivity index is 2.21. The van der Waals surface area contributed by atoms with Crippen molar-refractivity contribution in [2.75, 3.05) is 13.2 Å². The molecular formula is C11H14N4O2. The van der Waals surface area contributed by atoms with Crippen LogP contribution in [-0.2, 0) is 0 Å². The molecule has 1 aliphatic rings. The Hall–Kier alpha value is -2.24. The molecule has 1 aliphatic heterocycles. The van der Waals surface area contributed by atoms with Gasteiger partial charge in [0.15, 0.2) is 11.5 Å². The van der Waals surface area contributed by atoms with Crippen LogP contribution in [0.15, 0.2) is 23.3 Å². The topological polar surface area (TPSA) is 92.7 Å². The molecule has 0 amide bonds. The lowest BCUT2D eigenvalue weighted by molar-refractivity contribution is 0.171. The van der Waals surface area contributed by atoms with Gasteiger partial charge in [0.2, 0.25) is 5.96 Å². The van der Waals surface area contributed by atoms with E-state index in [-0.39, 0.29) is 5.96 Å². The maximum absolute atomic E-state index is 7.02. The first-order chi connectivity index (χ1) is 8.16. The second-order valence-corrected chi connectivity index (χ2v) is 3.58. The van der Waals surface area contributed by atoms with Gasteiger partial charge in [-0.2, -0.15) is 5.10 Å². The average molecular weight is 234 g/mol. The van der Waals surface area contributed by atoms with Gasteiger partial charge in [-0.3, -0.25) is 5.41 Å². The zero-order chi connectivity index (χ0) is 12.3. The third-order valence-corrected chi connectivity index (χ3v) is 2.30. The molecule has 1 heterocycles. The minimum Gasteiger partial charge on any atom is -0.486 e. The molecule has 0 bridgehead atoms. The van der Waals surface area contributed by atoms with Crippen LogP contribution in [0.2, 0.25) is 0 Å². The van der Waals surface area contributed by atoms with Crippen molar-refractivity contribution in [1.29, 1.82) is 5.41 Å². The van der Waals surface area contributed by atoms with Crippen molar-refractivity contribution >= 4 is 11.7 Å². The Morgan fingerprint density at radius 3 is 2.76 bits per heavy atom. The number of nitrogens with two attached hydrogens (primary N) is 1. The predicted octanol–water partition coefficient (Wildman–Crippen LogP) is 0.665. The second-order valence-electron chi connectivity index (χ2n) is 3.58. The number of nitrogens with zero attached hydrogens (tertiary/aromatic N) is 1. The Bertz CT molecular complexity index is 471. The number of hydrazone groups is 1. The highest BCUT2D eigenvalue weighted by atomic mass is 16.6. The maximum Gasteiger partial charge on any atom is 0.206 e. The van der Waals surface area contributed by atoms with E-state index in [0.29, 0.717) is 19.0 Å². The molecule has 0 saturated heterocycles. The fourth-order valence-corrected chi connectivity index (χ4v) is 1.48. The van der Waals surface area contributed by atoms with E-state index in [9.17, 15) is 0 Å². The zero-order valence-corrected chi connectivity index (χ0v) is 9.49. The molecule has 0 atom stereocenters. The maximum atomic E-state index is 7.02. The third kappa shape index (κ3) is 2.66. The second kappa shape index (κ2) is 4.73. The van der Waals surface area contributed by atoms with Crippen LogP contribution in [0.5, 0.6) is 11.5 Å².